The standard InChI is InChI=1S/C17H22FN5OS/c1-11-6-4-7-12(2)22(11)16(24)13(3)25-17-19-20-21-23(17)15-9-5-8-14(18)10-15/h5,8-13H,4,6-7H2,1-3H3/t11-,12-,13-/m1/s1. The zero-order valence-electron chi connectivity index (χ0n) is 14.6. The lowest BCUT2D eigenvalue weighted by atomic mass is 9.97. The van der Waals surface area contributed by atoms with Crippen LogP contribution >= 0.6 is 11.8 Å². The Balaban J connectivity index is 1.76. The lowest BCUT2D eigenvalue weighted by molar-refractivity contribution is -0.136. The van der Waals surface area contributed by atoms with Crippen molar-refractivity contribution in [2.24, 2.45) is 0 Å². The largest absolute Gasteiger partial charge is 0.336 e. The third-order valence-corrected chi connectivity index (χ3v) is 5.59. The lowest BCUT2D eigenvalue weighted by Gasteiger charge is -2.40. The molecule has 6 nitrogen and oxygen atoms in total. The van der Waals surface area contributed by atoms with Crippen molar-refractivity contribution in [3.63, 3.8) is 0 Å². The van der Waals surface area contributed by atoms with Gasteiger partial charge in [-0.15, -0.1) is 5.10 Å². The van der Waals surface area contributed by atoms with E-state index in [1.807, 2.05) is 11.8 Å². The summed E-state index contributed by atoms with van der Waals surface area (Å²) in [6, 6.07) is 6.56. The van der Waals surface area contributed by atoms with Gasteiger partial charge in [0.25, 0.3) is 0 Å². The number of aromatic nitrogens is 4. The first-order valence-electron chi connectivity index (χ1n) is 8.50. The van der Waals surface area contributed by atoms with Gasteiger partial charge in [0.2, 0.25) is 11.1 Å². The summed E-state index contributed by atoms with van der Waals surface area (Å²) in [4.78, 5) is 14.9. The molecule has 1 amide bonds. The van der Waals surface area contributed by atoms with Gasteiger partial charge < -0.3 is 4.90 Å². The Morgan fingerprint density at radius 2 is 2.04 bits per heavy atom. The molecule has 0 unspecified atom stereocenters. The zero-order chi connectivity index (χ0) is 18.0. The van der Waals surface area contributed by atoms with Crippen LogP contribution in [-0.4, -0.2) is 48.3 Å². The van der Waals surface area contributed by atoms with Crippen LogP contribution in [0, 0.1) is 5.82 Å². The van der Waals surface area contributed by atoms with Gasteiger partial charge in [0.05, 0.1) is 10.9 Å². The summed E-state index contributed by atoms with van der Waals surface area (Å²) in [5, 5.41) is 11.8. The van der Waals surface area contributed by atoms with E-state index in [9.17, 15) is 9.18 Å². The topological polar surface area (TPSA) is 63.9 Å². The Kier molecular flexibility index (Phi) is 5.36. The third kappa shape index (κ3) is 3.84. The summed E-state index contributed by atoms with van der Waals surface area (Å²) in [7, 11) is 0. The molecule has 134 valence electrons. The van der Waals surface area contributed by atoms with Gasteiger partial charge in [0.15, 0.2) is 0 Å². The number of carbonyl (C=O) groups is 1. The van der Waals surface area contributed by atoms with Crippen LogP contribution in [0.15, 0.2) is 29.4 Å². The van der Waals surface area contributed by atoms with Crippen LogP contribution in [0.25, 0.3) is 5.69 Å². The number of carbonyl (C=O) groups excluding carboxylic acids is 1. The average Bonchev–Trinajstić information content (AvgIpc) is 3.02. The number of halogens is 1. The third-order valence-electron chi connectivity index (χ3n) is 4.57. The Labute approximate surface area is 150 Å². The summed E-state index contributed by atoms with van der Waals surface area (Å²) >= 11 is 1.30. The molecule has 1 aromatic carbocycles. The maximum absolute atomic E-state index is 13.5. The van der Waals surface area contributed by atoms with E-state index in [-0.39, 0.29) is 29.1 Å². The molecule has 0 saturated carbocycles. The van der Waals surface area contributed by atoms with Gasteiger partial charge in [-0.3, -0.25) is 4.79 Å². The summed E-state index contributed by atoms with van der Waals surface area (Å²) < 4.78 is 14.9. The minimum Gasteiger partial charge on any atom is -0.336 e. The Hall–Kier alpha value is -1.96. The van der Waals surface area contributed by atoms with E-state index in [4.69, 9.17) is 0 Å². The van der Waals surface area contributed by atoms with E-state index in [1.54, 1.807) is 12.1 Å². The van der Waals surface area contributed by atoms with Crippen molar-refractivity contribution in [3.8, 4) is 5.69 Å². The molecule has 1 aliphatic rings. The summed E-state index contributed by atoms with van der Waals surface area (Å²) in [6.45, 7) is 6.06. The molecule has 25 heavy (non-hydrogen) atoms. The summed E-state index contributed by atoms with van der Waals surface area (Å²) in [6.07, 6.45) is 3.23. The van der Waals surface area contributed by atoms with Gasteiger partial charge in [-0.2, -0.15) is 4.68 Å². The van der Waals surface area contributed by atoms with Crippen LogP contribution in [0.2, 0.25) is 0 Å². The number of rotatable bonds is 4. The maximum atomic E-state index is 13.5. The molecule has 1 aliphatic heterocycles. The van der Waals surface area contributed by atoms with E-state index in [2.05, 4.69) is 29.4 Å². The van der Waals surface area contributed by atoms with Gasteiger partial charge in [0, 0.05) is 12.1 Å². The summed E-state index contributed by atoms with van der Waals surface area (Å²) in [5.41, 5.74) is 0.534. The quantitative estimate of drug-likeness (QED) is 0.781. The molecule has 1 saturated heterocycles. The highest BCUT2D eigenvalue weighted by molar-refractivity contribution is 8.00. The van der Waals surface area contributed by atoms with E-state index < -0.39 is 0 Å². The van der Waals surface area contributed by atoms with E-state index >= 15 is 0 Å². The highest BCUT2D eigenvalue weighted by atomic mass is 32.2. The molecule has 0 spiro atoms. The molecule has 3 atom stereocenters. The van der Waals surface area contributed by atoms with E-state index in [0.717, 1.165) is 19.3 Å². The first-order valence-corrected chi connectivity index (χ1v) is 9.38. The van der Waals surface area contributed by atoms with E-state index in [0.29, 0.717) is 10.8 Å². The highest BCUT2D eigenvalue weighted by Gasteiger charge is 2.32. The van der Waals surface area contributed by atoms with Gasteiger partial charge in [-0.1, -0.05) is 17.8 Å². The number of thioether (sulfide) groups is 1. The minimum absolute atomic E-state index is 0.0958. The number of nitrogens with zero attached hydrogens (tertiary/aromatic N) is 5. The van der Waals surface area contributed by atoms with Crippen molar-refractivity contribution < 1.29 is 9.18 Å². The fourth-order valence-electron chi connectivity index (χ4n) is 3.30. The molecule has 0 bridgehead atoms. The normalized spacial score (nSPS) is 22.0. The second-order valence-electron chi connectivity index (χ2n) is 6.49. The number of tetrazole rings is 1. The van der Waals surface area contributed by atoms with Crippen LogP contribution in [0.4, 0.5) is 4.39 Å². The van der Waals surface area contributed by atoms with Crippen molar-refractivity contribution in [2.45, 2.75) is 62.5 Å². The van der Waals surface area contributed by atoms with E-state index in [1.165, 1.54) is 28.6 Å². The van der Waals surface area contributed by atoms with Crippen molar-refractivity contribution in [2.75, 3.05) is 0 Å². The fraction of sp³-hybridized carbons (Fsp3) is 0.529. The molecule has 2 heterocycles. The Morgan fingerprint density at radius 1 is 1.32 bits per heavy atom. The van der Waals surface area contributed by atoms with Gasteiger partial charge in [0.1, 0.15) is 5.82 Å². The first kappa shape index (κ1) is 17.8. The lowest BCUT2D eigenvalue weighted by Crippen LogP contribution is -2.50. The maximum Gasteiger partial charge on any atom is 0.236 e. The molecular weight excluding hydrogens is 341 g/mol. The average molecular weight is 363 g/mol. The van der Waals surface area contributed by atoms with Gasteiger partial charge >= 0.3 is 0 Å². The Bertz CT molecular complexity index is 742. The van der Waals surface area contributed by atoms with Gasteiger partial charge in [-0.05, 0) is 68.7 Å². The summed E-state index contributed by atoms with van der Waals surface area (Å²) in [5.74, 6) is -0.262. The number of benzene rings is 1. The predicted octanol–water partition coefficient (Wildman–Crippen LogP) is 3.07. The molecule has 0 N–H and O–H groups in total. The number of amides is 1. The SMILES string of the molecule is C[C@@H]1CCC[C@@H](C)N1C(=O)[C@@H](C)Sc1nnnn1-c1cccc(F)c1. The van der Waals surface area contributed by atoms with Crippen molar-refractivity contribution in [3.05, 3.63) is 30.1 Å². The second-order valence-corrected chi connectivity index (χ2v) is 7.80. The van der Waals surface area contributed by atoms with Gasteiger partial charge in [-0.25, -0.2) is 4.39 Å². The molecule has 2 aromatic rings. The van der Waals surface area contributed by atoms with Crippen LogP contribution in [0.3, 0.4) is 0 Å². The molecule has 3 rings (SSSR count). The number of hydrogen-bond donors (Lipinski definition) is 0. The van der Waals surface area contributed by atoms with Crippen molar-refractivity contribution >= 4 is 17.7 Å². The molecule has 0 aliphatic carbocycles. The molecule has 1 aromatic heterocycles. The minimum atomic E-state index is -0.357. The number of hydrogen-bond acceptors (Lipinski definition) is 5. The van der Waals surface area contributed by atoms with Crippen LogP contribution < -0.4 is 0 Å². The zero-order valence-corrected chi connectivity index (χ0v) is 15.4. The molecule has 0 radical (unpaired) electrons. The fourth-order valence-corrected chi connectivity index (χ4v) is 4.16. The van der Waals surface area contributed by atoms with Crippen LogP contribution in [0.5, 0.6) is 0 Å². The Morgan fingerprint density at radius 3 is 2.72 bits per heavy atom. The molecule has 1 fully saturated rings. The molecule has 8 heteroatoms. The van der Waals surface area contributed by atoms with Crippen molar-refractivity contribution in [1.82, 2.24) is 25.1 Å². The first-order chi connectivity index (χ1) is 12.0. The van der Waals surface area contributed by atoms with Crippen LogP contribution in [0.1, 0.15) is 40.0 Å². The van der Waals surface area contributed by atoms with Crippen molar-refractivity contribution in [1.29, 1.82) is 0 Å². The predicted molar refractivity (Wildman–Crippen MR) is 94.1 cm³/mol. The van der Waals surface area contributed by atoms with Crippen LogP contribution in [-0.2, 0) is 4.79 Å². The number of likely N-dealkylation sites (tertiary alicyclic amines) is 1. The molecular formula is C17H22FN5OS. The smallest absolute Gasteiger partial charge is 0.236 e. The highest BCUT2D eigenvalue weighted by Crippen LogP contribution is 2.29. The monoisotopic (exact) mass is 363 g/mol. The second kappa shape index (κ2) is 7.51. The number of piperidine rings is 1.